The topological polar surface area (TPSA) is 100 Å². The van der Waals surface area contributed by atoms with E-state index in [1.165, 1.54) is 16.8 Å². The molecule has 7 heteroatoms. The molecule has 0 saturated heterocycles. The van der Waals surface area contributed by atoms with Gasteiger partial charge in [-0.2, -0.15) is 0 Å². The highest BCUT2D eigenvalue weighted by atomic mass is 16.4. The first-order chi connectivity index (χ1) is 9.04. The number of carboxylic acid groups (broad SMARTS) is 1. The predicted molar refractivity (Wildman–Crippen MR) is 67.7 cm³/mol. The fourth-order valence-corrected chi connectivity index (χ4v) is 1.46. The maximum atomic E-state index is 11.6. The lowest BCUT2D eigenvalue weighted by Gasteiger charge is -2.08. The lowest BCUT2D eigenvalue weighted by molar-refractivity contribution is -0.126. The number of nitrogens with one attached hydrogen (secondary N) is 2. The van der Waals surface area contributed by atoms with Crippen LogP contribution >= 0.6 is 0 Å². The van der Waals surface area contributed by atoms with Crippen LogP contribution in [0.1, 0.15) is 23.8 Å². The van der Waals surface area contributed by atoms with Crippen LogP contribution in [-0.4, -0.2) is 40.5 Å². The van der Waals surface area contributed by atoms with Gasteiger partial charge in [-0.05, 0) is 18.6 Å². The third kappa shape index (κ3) is 4.82. The van der Waals surface area contributed by atoms with Crippen molar-refractivity contribution in [3.05, 3.63) is 24.0 Å². The molecule has 1 aromatic rings. The molecule has 0 aliphatic rings. The maximum Gasteiger partial charge on any atom is 0.352 e. The van der Waals surface area contributed by atoms with Gasteiger partial charge < -0.3 is 20.3 Å². The quantitative estimate of drug-likeness (QED) is 0.638. The molecule has 0 aliphatic heterocycles. The summed E-state index contributed by atoms with van der Waals surface area (Å²) in [6.45, 7) is 2.26. The van der Waals surface area contributed by atoms with Crippen molar-refractivity contribution in [2.75, 3.05) is 13.1 Å². The van der Waals surface area contributed by atoms with Crippen LogP contribution in [0.3, 0.4) is 0 Å². The summed E-state index contributed by atoms with van der Waals surface area (Å²) in [5.41, 5.74) is 0.0329. The number of hydrogen-bond donors (Lipinski definition) is 3. The fourth-order valence-electron chi connectivity index (χ4n) is 1.46. The van der Waals surface area contributed by atoms with Gasteiger partial charge in [0.25, 0.3) is 0 Å². The van der Waals surface area contributed by atoms with Gasteiger partial charge in [0.1, 0.15) is 12.2 Å². The van der Waals surface area contributed by atoms with Crippen molar-refractivity contribution in [2.45, 2.75) is 19.9 Å². The lowest BCUT2D eigenvalue weighted by atomic mass is 10.4. The zero-order valence-electron chi connectivity index (χ0n) is 10.7. The molecule has 0 aliphatic carbocycles. The summed E-state index contributed by atoms with van der Waals surface area (Å²) >= 11 is 0. The largest absolute Gasteiger partial charge is 0.477 e. The predicted octanol–water partition coefficient (Wildman–Crippen LogP) is -0.171. The van der Waals surface area contributed by atoms with Crippen molar-refractivity contribution >= 4 is 17.8 Å². The lowest BCUT2D eigenvalue weighted by Crippen LogP contribution is -2.38. The number of aromatic nitrogens is 1. The molecule has 0 unspecified atom stereocenters. The number of carbonyl (C=O) groups is 3. The molecule has 7 nitrogen and oxygen atoms in total. The summed E-state index contributed by atoms with van der Waals surface area (Å²) in [6.07, 6.45) is 2.32. The molecule has 0 bridgehead atoms. The van der Waals surface area contributed by atoms with E-state index in [4.69, 9.17) is 5.11 Å². The summed E-state index contributed by atoms with van der Waals surface area (Å²) in [4.78, 5) is 33.6. The highest BCUT2D eigenvalue weighted by Gasteiger charge is 2.12. The molecule has 1 heterocycles. The molecule has 104 valence electrons. The summed E-state index contributed by atoms with van der Waals surface area (Å²) < 4.78 is 1.31. The molecule has 1 aromatic heterocycles. The maximum absolute atomic E-state index is 11.6. The van der Waals surface area contributed by atoms with E-state index < -0.39 is 11.9 Å². The molecule has 0 aromatic carbocycles. The average molecular weight is 267 g/mol. The van der Waals surface area contributed by atoms with E-state index in [0.717, 1.165) is 6.42 Å². The number of carbonyl (C=O) groups excluding carboxylic acids is 2. The van der Waals surface area contributed by atoms with Gasteiger partial charge in [0.05, 0.1) is 6.54 Å². The van der Waals surface area contributed by atoms with Gasteiger partial charge in [-0.1, -0.05) is 6.92 Å². The molecular formula is C12H17N3O4. The van der Waals surface area contributed by atoms with Crippen LogP contribution in [0.5, 0.6) is 0 Å². The Hall–Kier alpha value is -2.31. The third-order valence-corrected chi connectivity index (χ3v) is 2.38. The van der Waals surface area contributed by atoms with Crippen molar-refractivity contribution in [3.63, 3.8) is 0 Å². The molecule has 0 radical (unpaired) electrons. The third-order valence-electron chi connectivity index (χ3n) is 2.38. The zero-order valence-corrected chi connectivity index (χ0v) is 10.7. The molecule has 3 N–H and O–H groups in total. The van der Waals surface area contributed by atoms with Gasteiger partial charge in [0.2, 0.25) is 11.8 Å². The number of carboxylic acids is 1. The van der Waals surface area contributed by atoms with E-state index in [1.807, 2.05) is 6.92 Å². The van der Waals surface area contributed by atoms with E-state index in [0.29, 0.717) is 6.54 Å². The van der Waals surface area contributed by atoms with Gasteiger partial charge in [0, 0.05) is 12.7 Å². The van der Waals surface area contributed by atoms with Crippen LogP contribution in [0.4, 0.5) is 0 Å². The Balaban J connectivity index is 2.41. The van der Waals surface area contributed by atoms with Gasteiger partial charge in [-0.15, -0.1) is 0 Å². The minimum atomic E-state index is -1.10. The minimum absolute atomic E-state index is 0.0329. The zero-order chi connectivity index (χ0) is 14.3. The Morgan fingerprint density at radius 2 is 2.00 bits per heavy atom. The molecule has 0 spiro atoms. The summed E-state index contributed by atoms with van der Waals surface area (Å²) in [5.74, 6) is -1.77. The first-order valence-electron chi connectivity index (χ1n) is 5.96. The van der Waals surface area contributed by atoms with Gasteiger partial charge in [-0.3, -0.25) is 9.59 Å². The van der Waals surface area contributed by atoms with Crippen LogP contribution in [0.25, 0.3) is 0 Å². The summed E-state index contributed by atoms with van der Waals surface area (Å²) in [7, 11) is 0. The summed E-state index contributed by atoms with van der Waals surface area (Å²) in [5, 5.41) is 13.9. The standard InChI is InChI=1S/C12H17N3O4/c1-2-5-13-10(16)7-14-11(17)8-15-6-3-4-9(15)12(18)19/h3-4,6H,2,5,7-8H2,1H3,(H,13,16)(H,14,17)(H,18,19). The van der Waals surface area contributed by atoms with Crippen molar-refractivity contribution in [3.8, 4) is 0 Å². The number of hydrogen-bond acceptors (Lipinski definition) is 3. The van der Waals surface area contributed by atoms with Crippen molar-refractivity contribution in [2.24, 2.45) is 0 Å². The van der Waals surface area contributed by atoms with Crippen molar-refractivity contribution in [1.82, 2.24) is 15.2 Å². The number of rotatable bonds is 7. The van der Waals surface area contributed by atoms with Crippen LogP contribution in [0.15, 0.2) is 18.3 Å². The monoisotopic (exact) mass is 267 g/mol. The first-order valence-corrected chi connectivity index (χ1v) is 5.96. The van der Waals surface area contributed by atoms with Crippen LogP contribution < -0.4 is 10.6 Å². The second kappa shape index (κ2) is 7.20. The molecule has 19 heavy (non-hydrogen) atoms. The Morgan fingerprint density at radius 1 is 1.26 bits per heavy atom. The van der Waals surface area contributed by atoms with E-state index in [1.54, 1.807) is 6.07 Å². The Labute approximate surface area is 110 Å². The Morgan fingerprint density at radius 3 is 2.63 bits per heavy atom. The highest BCUT2D eigenvalue weighted by Crippen LogP contribution is 2.01. The molecule has 1 rings (SSSR count). The first kappa shape index (κ1) is 14.7. The Bertz CT molecular complexity index is 467. The average Bonchev–Trinajstić information content (AvgIpc) is 2.82. The fraction of sp³-hybridized carbons (Fsp3) is 0.417. The minimum Gasteiger partial charge on any atom is -0.477 e. The van der Waals surface area contributed by atoms with E-state index in [-0.39, 0.29) is 24.7 Å². The second-order valence-corrected chi connectivity index (χ2v) is 3.95. The van der Waals surface area contributed by atoms with Gasteiger partial charge in [0.15, 0.2) is 0 Å². The van der Waals surface area contributed by atoms with E-state index in [9.17, 15) is 14.4 Å². The van der Waals surface area contributed by atoms with Gasteiger partial charge >= 0.3 is 5.97 Å². The summed E-state index contributed by atoms with van der Waals surface area (Å²) in [6, 6.07) is 2.95. The molecule has 2 amide bonds. The molecule has 0 saturated carbocycles. The van der Waals surface area contributed by atoms with Crippen LogP contribution in [0.2, 0.25) is 0 Å². The SMILES string of the molecule is CCCNC(=O)CNC(=O)Cn1cccc1C(=O)O. The number of amides is 2. The molecular weight excluding hydrogens is 250 g/mol. The smallest absolute Gasteiger partial charge is 0.352 e. The number of aromatic carboxylic acids is 1. The van der Waals surface area contributed by atoms with E-state index >= 15 is 0 Å². The van der Waals surface area contributed by atoms with Crippen molar-refractivity contribution < 1.29 is 19.5 Å². The van der Waals surface area contributed by atoms with Crippen LogP contribution in [-0.2, 0) is 16.1 Å². The second-order valence-electron chi connectivity index (χ2n) is 3.95. The van der Waals surface area contributed by atoms with Crippen LogP contribution in [0, 0.1) is 0 Å². The highest BCUT2D eigenvalue weighted by molar-refractivity contribution is 5.88. The van der Waals surface area contributed by atoms with Gasteiger partial charge in [-0.25, -0.2) is 4.79 Å². The van der Waals surface area contributed by atoms with Crippen molar-refractivity contribution in [1.29, 1.82) is 0 Å². The van der Waals surface area contributed by atoms with E-state index in [2.05, 4.69) is 10.6 Å². The Kier molecular flexibility index (Phi) is 5.59. The molecule has 0 atom stereocenters. The number of nitrogens with zero attached hydrogens (tertiary/aromatic N) is 1. The molecule has 0 fully saturated rings. The normalized spacial score (nSPS) is 9.95.